The first kappa shape index (κ1) is 14.2. The lowest BCUT2D eigenvalue weighted by Crippen LogP contribution is -2.39. The molecule has 1 aromatic rings. The molecule has 22 heavy (non-hydrogen) atoms. The van der Waals surface area contributed by atoms with Crippen molar-refractivity contribution in [1.82, 2.24) is 9.91 Å². The highest BCUT2D eigenvalue weighted by atomic mass is 32.1. The molecule has 1 fully saturated rings. The highest BCUT2D eigenvalue weighted by molar-refractivity contribution is 7.08. The summed E-state index contributed by atoms with van der Waals surface area (Å²) in [6, 6.07) is 2.67. The molecule has 1 aliphatic carbocycles. The number of nitrogens with zero attached hydrogens (tertiary/aromatic N) is 3. The van der Waals surface area contributed by atoms with Crippen molar-refractivity contribution in [2.24, 2.45) is 5.10 Å². The van der Waals surface area contributed by atoms with Gasteiger partial charge in [-0.25, -0.2) is 0 Å². The van der Waals surface area contributed by atoms with E-state index in [-0.39, 0.29) is 0 Å². The number of fused-ring (bicyclic) bond motifs is 1. The Labute approximate surface area is 136 Å². The molecule has 0 radical (unpaired) electrons. The molecule has 0 spiro atoms. The maximum atomic E-state index is 4.66. The van der Waals surface area contributed by atoms with E-state index >= 15 is 0 Å². The van der Waals surface area contributed by atoms with Crippen molar-refractivity contribution in [1.29, 1.82) is 0 Å². The van der Waals surface area contributed by atoms with Gasteiger partial charge in [0, 0.05) is 13.1 Å². The molecular formula is C18H23N3S. The van der Waals surface area contributed by atoms with Gasteiger partial charge in [0.1, 0.15) is 0 Å². The summed E-state index contributed by atoms with van der Waals surface area (Å²) in [5.74, 6) is 0. The average molecular weight is 313 g/mol. The molecule has 4 heteroatoms. The summed E-state index contributed by atoms with van der Waals surface area (Å²) in [5.41, 5.74) is 4.20. The van der Waals surface area contributed by atoms with Crippen LogP contribution in [0.15, 0.2) is 39.7 Å². The van der Waals surface area contributed by atoms with Gasteiger partial charge in [-0.1, -0.05) is 18.6 Å². The molecule has 1 unspecified atom stereocenters. The first-order chi connectivity index (χ1) is 10.9. The number of hydrazone groups is 1. The number of thiophene rings is 1. The number of piperidine rings is 1. The second-order valence-electron chi connectivity index (χ2n) is 6.40. The van der Waals surface area contributed by atoms with Crippen LogP contribution in [0.25, 0.3) is 5.57 Å². The van der Waals surface area contributed by atoms with Crippen LogP contribution in [0.1, 0.15) is 31.2 Å². The van der Waals surface area contributed by atoms with Crippen LogP contribution in [0.2, 0.25) is 0 Å². The average Bonchev–Trinajstić information content (AvgIpc) is 3.23. The molecule has 3 nitrogen and oxygen atoms in total. The van der Waals surface area contributed by atoms with Crippen LogP contribution >= 0.6 is 11.3 Å². The molecule has 1 saturated heterocycles. The van der Waals surface area contributed by atoms with E-state index in [1.807, 2.05) is 0 Å². The SMILES string of the molecule is C1=NN(CCN2CCCCC2)C2CC(c3ccsc3)=CC=C12. The van der Waals surface area contributed by atoms with E-state index in [0.29, 0.717) is 6.04 Å². The number of likely N-dealkylation sites (tertiary alicyclic amines) is 1. The Bertz CT molecular complexity index is 594. The third kappa shape index (κ3) is 2.90. The lowest BCUT2D eigenvalue weighted by atomic mass is 9.91. The molecule has 4 rings (SSSR count). The molecular weight excluding hydrogens is 290 g/mol. The van der Waals surface area contributed by atoms with E-state index in [1.165, 1.54) is 49.1 Å². The van der Waals surface area contributed by atoms with E-state index in [2.05, 4.69) is 50.2 Å². The van der Waals surface area contributed by atoms with Gasteiger partial charge in [0.05, 0.1) is 12.3 Å². The first-order valence-electron chi connectivity index (χ1n) is 8.36. The Hall–Kier alpha value is -1.39. The van der Waals surface area contributed by atoms with E-state index < -0.39 is 0 Å². The topological polar surface area (TPSA) is 18.8 Å². The van der Waals surface area contributed by atoms with Crippen molar-refractivity contribution in [3.05, 3.63) is 40.1 Å². The van der Waals surface area contributed by atoms with Crippen LogP contribution in [-0.2, 0) is 0 Å². The second-order valence-corrected chi connectivity index (χ2v) is 7.18. The molecule has 0 N–H and O–H groups in total. The van der Waals surface area contributed by atoms with Crippen LogP contribution in [0.4, 0.5) is 0 Å². The van der Waals surface area contributed by atoms with E-state index in [1.54, 1.807) is 11.3 Å². The van der Waals surface area contributed by atoms with Crippen molar-refractivity contribution < 1.29 is 0 Å². The lowest BCUT2D eigenvalue weighted by molar-refractivity contribution is 0.173. The fourth-order valence-electron chi connectivity index (χ4n) is 3.63. The van der Waals surface area contributed by atoms with Gasteiger partial charge >= 0.3 is 0 Å². The van der Waals surface area contributed by atoms with Gasteiger partial charge < -0.3 is 4.90 Å². The van der Waals surface area contributed by atoms with E-state index in [9.17, 15) is 0 Å². The minimum atomic E-state index is 0.449. The standard InChI is InChI=1S/C18H23N3S/c1-2-7-20(8-3-1)9-10-21-18-12-15(17-6-11-22-14-17)4-5-16(18)13-19-21/h4-6,11,13-14,18H,1-3,7-10,12H2. The van der Waals surface area contributed by atoms with Gasteiger partial charge in [0.15, 0.2) is 0 Å². The van der Waals surface area contributed by atoms with Crippen molar-refractivity contribution >= 4 is 23.1 Å². The van der Waals surface area contributed by atoms with Crippen molar-refractivity contribution in [3.8, 4) is 0 Å². The van der Waals surface area contributed by atoms with Crippen molar-refractivity contribution in [2.75, 3.05) is 26.2 Å². The number of allylic oxidation sites excluding steroid dienone is 2. The van der Waals surface area contributed by atoms with Gasteiger partial charge in [-0.15, -0.1) is 0 Å². The van der Waals surface area contributed by atoms with E-state index in [0.717, 1.165) is 19.5 Å². The first-order valence-corrected chi connectivity index (χ1v) is 9.31. The van der Waals surface area contributed by atoms with Crippen LogP contribution in [0, 0.1) is 0 Å². The molecule has 2 aliphatic heterocycles. The van der Waals surface area contributed by atoms with Crippen LogP contribution in [0.5, 0.6) is 0 Å². The monoisotopic (exact) mass is 313 g/mol. The van der Waals surface area contributed by atoms with Gasteiger partial charge in [-0.05, 0) is 65.9 Å². The molecule has 0 bridgehead atoms. The summed E-state index contributed by atoms with van der Waals surface area (Å²) in [4.78, 5) is 2.60. The Morgan fingerprint density at radius 1 is 1.14 bits per heavy atom. The largest absolute Gasteiger partial charge is 0.302 e. The van der Waals surface area contributed by atoms with Crippen LogP contribution in [0.3, 0.4) is 0 Å². The molecule has 0 amide bonds. The fraction of sp³-hybridized carbons (Fsp3) is 0.500. The summed E-state index contributed by atoms with van der Waals surface area (Å²) in [6.45, 7) is 4.74. The molecule has 116 valence electrons. The minimum absolute atomic E-state index is 0.449. The Morgan fingerprint density at radius 2 is 2.05 bits per heavy atom. The number of hydrogen-bond acceptors (Lipinski definition) is 4. The molecule has 0 aromatic carbocycles. The van der Waals surface area contributed by atoms with Gasteiger partial charge in [-0.3, -0.25) is 5.01 Å². The molecule has 1 atom stereocenters. The summed E-state index contributed by atoms with van der Waals surface area (Å²) in [6.07, 6.45) is 11.8. The Morgan fingerprint density at radius 3 is 2.86 bits per heavy atom. The molecule has 3 aliphatic rings. The smallest absolute Gasteiger partial charge is 0.0776 e. The number of hydrogen-bond donors (Lipinski definition) is 0. The fourth-order valence-corrected chi connectivity index (χ4v) is 4.31. The highest BCUT2D eigenvalue weighted by Gasteiger charge is 2.29. The predicted octanol–water partition coefficient (Wildman–Crippen LogP) is 3.62. The Kier molecular flexibility index (Phi) is 4.13. The number of rotatable bonds is 4. The summed E-state index contributed by atoms with van der Waals surface area (Å²) < 4.78 is 0. The zero-order chi connectivity index (χ0) is 14.8. The molecule has 0 saturated carbocycles. The van der Waals surface area contributed by atoms with E-state index in [4.69, 9.17) is 0 Å². The second kappa shape index (κ2) is 6.39. The van der Waals surface area contributed by atoms with Crippen molar-refractivity contribution in [3.63, 3.8) is 0 Å². The van der Waals surface area contributed by atoms with Gasteiger partial charge in [-0.2, -0.15) is 16.4 Å². The third-order valence-corrected chi connectivity index (χ3v) is 5.66. The van der Waals surface area contributed by atoms with Crippen LogP contribution < -0.4 is 0 Å². The zero-order valence-corrected chi connectivity index (χ0v) is 13.8. The predicted molar refractivity (Wildman–Crippen MR) is 94.3 cm³/mol. The summed E-state index contributed by atoms with van der Waals surface area (Å²) in [7, 11) is 0. The zero-order valence-electron chi connectivity index (χ0n) is 12.9. The highest BCUT2D eigenvalue weighted by Crippen LogP contribution is 2.33. The maximum absolute atomic E-state index is 4.66. The minimum Gasteiger partial charge on any atom is -0.302 e. The van der Waals surface area contributed by atoms with Crippen LogP contribution in [-0.4, -0.2) is 48.3 Å². The Balaban J connectivity index is 1.39. The summed E-state index contributed by atoms with van der Waals surface area (Å²) >= 11 is 1.78. The maximum Gasteiger partial charge on any atom is 0.0776 e. The third-order valence-electron chi connectivity index (χ3n) is 4.98. The normalized spacial score (nSPS) is 25.1. The van der Waals surface area contributed by atoms with Crippen molar-refractivity contribution in [2.45, 2.75) is 31.7 Å². The molecule has 1 aromatic heterocycles. The molecule has 3 heterocycles. The quantitative estimate of drug-likeness (QED) is 0.845. The summed E-state index contributed by atoms with van der Waals surface area (Å²) in [5, 5.41) is 11.4. The lowest BCUT2D eigenvalue weighted by Gasteiger charge is -2.31. The van der Waals surface area contributed by atoms with Gasteiger partial charge in [0.25, 0.3) is 0 Å². The van der Waals surface area contributed by atoms with Gasteiger partial charge in [0.2, 0.25) is 0 Å².